The van der Waals surface area contributed by atoms with Gasteiger partial charge in [-0.25, -0.2) is 0 Å². The number of nitrogens with zero attached hydrogens (tertiary/aromatic N) is 1. The highest BCUT2D eigenvalue weighted by atomic mass is 32.2. The van der Waals surface area contributed by atoms with Crippen LogP contribution in [0.1, 0.15) is 5.56 Å². The average molecular weight is 383 g/mol. The van der Waals surface area contributed by atoms with Crippen molar-refractivity contribution < 1.29 is 14.3 Å². The maximum Gasteiger partial charge on any atom is 0.270 e. The van der Waals surface area contributed by atoms with Gasteiger partial charge in [0, 0.05) is 0 Å². The number of thioether (sulfide) groups is 1. The van der Waals surface area contributed by atoms with Gasteiger partial charge in [-0.15, -0.1) is 0 Å². The molecule has 1 heterocycles. The highest BCUT2D eigenvalue weighted by molar-refractivity contribution is 8.27. The number of benzene rings is 2. The van der Waals surface area contributed by atoms with Gasteiger partial charge in [-0.05, 0) is 35.9 Å². The predicted octanol–water partition coefficient (Wildman–Crippen LogP) is 4.67. The van der Waals surface area contributed by atoms with Crippen LogP contribution in [0.25, 0.3) is 6.08 Å². The molecule has 1 saturated heterocycles. The summed E-state index contributed by atoms with van der Waals surface area (Å²) >= 11 is 6.67. The molecule has 1 amide bonds. The number of carbonyl (C=O) groups is 1. The second-order valence-corrected chi connectivity index (χ2v) is 7.04. The van der Waals surface area contributed by atoms with Crippen molar-refractivity contribution in [1.29, 1.82) is 0 Å². The molecule has 0 bridgehead atoms. The smallest absolute Gasteiger partial charge is 0.270 e. The zero-order valence-electron chi connectivity index (χ0n) is 14.2. The Kier molecular flexibility index (Phi) is 5.75. The number of thiocarbonyl (C=S) groups is 1. The van der Waals surface area contributed by atoms with Gasteiger partial charge < -0.3 is 9.47 Å². The summed E-state index contributed by atoms with van der Waals surface area (Å²) in [5, 5.41) is 0. The number of para-hydroxylation sites is 1. The SMILES string of the molecule is C=CCOc1ccc(/C=C2/SC(=S)N(c3ccccc3)C2=O)cc1OC. The molecule has 1 aliphatic rings. The first kappa shape index (κ1) is 18.2. The molecule has 26 heavy (non-hydrogen) atoms. The molecule has 6 heteroatoms. The lowest BCUT2D eigenvalue weighted by Crippen LogP contribution is -2.27. The maximum atomic E-state index is 12.8. The number of ether oxygens (including phenoxy) is 2. The Bertz CT molecular complexity index is 878. The number of methoxy groups -OCH3 is 1. The van der Waals surface area contributed by atoms with Gasteiger partial charge in [0.15, 0.2) is 15.8 Å². The maximum absolute atomic E-state index is 12.8. The molecule has 0 unspecified atom stereocenters. The van der Waals surface area contributed by atoms with Gasteiger partial charge in [0.2, 0.25) is 0 Å². The van der Waals surface area contributed by atoms with E-state index in [1.54, 1.807) is 18.1 Å². The lowest BCUT2D eigenvalue weighted by atomic mass is 10.2. The Morgan fingerprint density at radius 2 is 1.96 bits per heavy atom. The van der Waals surface area contributed by atoms with Crippen LogP contribution in [0, 0.1) is 0 Å². The van der Waals surface area contributed by atoms with Crippen LogP contribution in [0.15, 0.2) is 66.1 Å². The molecule has 0 aromatic heterocycles. The van der Waals surface area contributed by atoms with Crippen LogP contribution in [-0.4, -0.2) is 23.9 Å². The summed E-state index contributed by atoms with van der Waals surface area (Å²) in [6.45, 7) is 4.03. The first-order valence-electron chi connectivity index (χ1n) is 7.89. The summed E-state index contributed by atoms with van der Waals surface area (Å²) in [6, 6.07) is 14.9. The van der Waals surface area contributed by atoms with Crippen LogP contribution in [0.5, 0.6) is 11.5 Å². The number of amides is 1. The summed E-state index contributed by atoms with van der Waals surface area (Å²) < 4.78 is 11.4. The minimum Gasteiger partial charge on any atom is -0.493 e. The molecule has 0 N–H and O–H groups in total. The van der Waals surface area contributed by atoms with E-state index in [1.807, 2.05) is 54.6 Å². The largest absolute Gasteiger partial charge is 0.493 e. The van der Waals surface area contributed by atoms with Crippen LogP contribution < -0.4 is 14.4 Å². The molecule has 0 aliphatic carbocycles. The van der Waals surface area contributed by atoms with E-state index >= 15 is 0 Å². The van der Waals surface area contributed by atoms with Crippen molar-refractivity contribution in [3.63, 3.8) is 0 Å². The molecule has 0 radical (unpaired) electrons. The van der Waals surface area contributed by atoms with Crippen LogP contribution >= 0.6 is 24.0 Å². The van der Waals surface area contributed by atoms with E-state index in [0.717, 1.165) is 11.3 Å². The normalized spacial score (nSPS) is 15.4. The zero-order chi connectivity index (χ0) is 18.5. The van der Waals surface area contributed by atoms with E-state index in [9.17, 15) is 4.79 Å². The van der Waals surface area contributed by atoms with Crippen LogP contribution in [0.3, 0.4) is 0 Å². The summed E-state index contributed by atoms with van der Waals surface area (Å²) in [7, 11) is 1.58. The van der Waals surface area contributed by atoms with Crippen molar-refractivity contribution in [2.75, 3.05) is 18.6 Å². The third kappa shape index (κ3) is 3.81. The van der Waals surface area contributed by atoms with E-state index in [0.29, 0.717) is 27.3 Å². The standard InChI is InChI=1S/C20H17NO3S2/c1-3-11-24-16-10-9-14(12-17(16)23-2)13-18-19(22)21(20(25)26-18)15-7-5-4-6-8-15/h3-10,12-13H,1,11H2,2H3/b18-13+. The second kappa shape index (κ2) is 8.21. The minimum absolute atomic E-state index is 0.128. The highest BCUT2D eigenvalue weighted by Crippen LogP contribution is 2.37. The third-order valence-electron chi connectivity index (χ3n) is 3.65. The molecule has 0 saturated carbocycles. The molecule has 1 aliphatic heterocycles. The predicted molar refractivity (Wildman–Crippen MR) is 111 cm³/mol. The van der Waals surface area contributed by atoms with Gasteiger partial charge in [-0.3, -0.25) is 9.69 Å². The Hall–Kier alpha value is -2.57. The average Bonchev–Trinajstić information content (AvgIpc) is 2.94. The van der Waals surface area contributed by atoms with E-state index in [-0.39, 0.29) is 5.91 Å². The van der Waals surface area contributed by atoms with Crippen molar-refractivity contribution in [3.05, 3.63) is 71.7 Å². The molecule has 2 aromatic rings. The molecular formula is C20H17NO3S2. The third-order valence-corrected chi connectivity index (χ3v) is 4.95. The second-order valence-electron chi connectivity index (χ2n) is 5.36. The van der Waals surface area contributed by atoms with Gasteiger partial charge in [-0.1, -0.05) is 60.9 Å². The molecule has 1 fully saturated rings. The van der Waals surface area contributed by atoms with Crippen molar-refractivity contribution in [2.24, 2.45) is 0 Å². The number of rotatable bonds is 6. The van der Waals surface area contributed by atoms with Crippen LogP contribution in [0.4, 0.5) is 5.69 Å². The summed E-state index contributed by atoms with van der Waals surface area (Å²) in [4.78, 5) is 14.9. The monoisotopic (exact) mass is 383 g/mol. The number of hydrogen-bond donors (Lipinski definition) is 0. The Morgan fingerprint density at radius 3 is 2.65 bits per heavy atom. The topological polar surface area (TPSA) is 38.8 Å². The Morgan fingerprint density at radius 1 is 1.19 bits per heavy atom. The Balaban J connectivity index is 1.87. The fourth-order valence-corrected chi connectivity index (χ4v) is 3.76. The molecule has 3 rings (SSSR count). The fourth-order valence-electron chi connectivity index (χ4n) is 2.46. The van der Waals surface area contributed by atoms with Gasteiger partial charge >= 0.3 is 0 Å². The van der Waals surface area contributed by atoms with Crippen molar-refractivity contribution >= 4 is 46.0 Å². The fraction of sp³-hybridized carbons (Fsp3) is 0.100. The van der Waals surface area contributed by atoms with E-state index in [2.05, 4.69) is 6.58 Å². The molecule has 132 valence electrons. The summed E-state index contributed by atoms with van der Waals surface area (Å²) in [6.07, 6.45) is 3.48. The summed E-state index contributed by atoms with van der Waals surface area (Å²) in [5.41, 5.74) is 1.60. The van der Waals surface area contributed by atoms with E-state index < -0.39 is 0 Å². The van der Waals surface area contributed by atoms with Gasteiger partial charge in [0.05, 0.1) is 17.7 Å². The number of carbonyl (C=O) groups excluding carboxylic acids is 1. The van der Waals surface area contributed by atoms with E-state index in [4.69, 9.17) is 21.7 Å². The van der Waals surface area contributed by atoms with Crippen molar-refractivity contribution in [1.82, 2.24) is 0 Å². The quantitative estimate of drug-likeness (QED) is 0.412. The minimum atomic E-state index is -0.128. The Labute approximate surface area is 162 Å². The lowest BCUT2D eigenvalue weighted by Gasteiger charge is -2.13. The molecule has 0 atom stereocenters. The number of hydrogen-bond acceptors (Lipinski definition) is 5. The van der Waals surface area contributed by atoms with Gasteiger partial charge in [0.25, 0.3) is 5.91 Å². The number of anilines is 1. The van der Waals surface area contributed by atoms with Gasteiger partial charge in [-0.2, -0.15) is 0 Å². The van der Waals surface area contributed by atoms with Crippen molar-refractivity contribution in [2.45, 2.75) is 0 Å². The van der Waals surface area contributed by atoms with Crippen molar-refractivity contribution in [3.8, 4) is 11.5 Å². The highest BCUT2D eigenvalue weighted by Gasteiger charge is 2.33. The zero-order valence-corrected chi connectivity index (χ0v) is 15.8. The lowest BCUT2D eigenvalue weighted by molar-refractivity contribution is -0.113. The molecule has 0 spiro atoms. The summed E-state index contributed by atoms with van der Waals surface area (Å²) in [5.74, 6) is 1.10. The first-order valence-corrected chi connectivity index (χ1v) is 9.11. The molecular weight excluding hydrogens is 366 g/mol. The van der Waals surface area contributed by atoms with Gasteiger partial charge in [0.1, 0.15) is 6.61 Å². The first-order chi connectivity index (χ1) is 12.6. The van der Waals surface area contributed by atoms with Crippen LogP contribution in [0.2, 0.25) is 0 Å². The molecule has 4 nitrogen and oxygen atoms in total. The van der Waals surface area contributed by atoms with Crippen LogP contribution in [-0.2, 0) is 4.79 Å². The molecule has 2 aromatic carbocycles. The van der Waals surface area contributed by atoms with E-state index in [1.165, 1.54) is 11.8 Å².